The van der Waals surface area contributed by atoms with Crippen molar-refractivity contribution in [3.63, 3.8) is 0 Å². The van der Waals surface area contributed by atoms with Crippen LogP contribution in [0, 0.1) is 5.82 Å². The molecule has 0 radical (unpaired) electrons. The van der Waals surface area contributed by atoms with E-state index in [2.05, 4.69) is 24.9 Å². The Morgan fingerprint density at radius 1 is 1.24 bits per heavy atom. The van der Waals surface area contributed by atoms with Crippen molar-refractivity contribution in [3.8, 4) is 0 Å². The maximum absolute atomic E-state index is 13.7. The fourth-order valence-electron chi connectivity index (χ4n) is 4.82. The highest BCUT2D eigenvalue weighted by Crippen LogP contribution is 2.23. The molecular weight excluding hydrogens is 437 g/mol. The number of hydrogen-bond donors (Lipinski definition) is 0. The predicted molar refractivity (Wildman–Crippen MR) is 126 cm³/mol. The summed E-state index contributed by atoms with van der Waals surface area (Å²) in [6, 6.07) is 6.58. The first-order chi connectivity index (χ1) is 16.6. The van der Waals surface area contributed by atoms with E-state index in [9.17, 15) is 9.18 Å². The number of amides is 1. The fraction of sp³-hybridized carbons (Fsp3) is 0.500. The lowest BCUT2D eigenvalue weighted by atomic mass is 10.1. The normalized spacial score (nSPS) is 18.9. The number of fused-ring (bicyclic) bond motifs is 1. The van der Waals surface area contributed by atoms with E-state index >= 15 is 0 Å². The van der Waals surface area contributed by atoms with Gasteiger partial charge in [-0.3, -0.25) is 14.4 Å². The number of piperazine rings is 1. The van der Waals surface area contributed by atoms with Crippen LogP contribution in [0.1, 0.15) is 18.4 Å². The highest BCUT2D eigenvalue weighted by molar-refractivity contribution is 5.87. The monoisotopic (exact) mass is 467 g/mol. The molecule has 2 aliphatic rings. The van der Waals surface area contributed by atoms with Crippen molar-refractivity contribution >= 4 is 22.8 Å². The molecule has 1 amide bonds. The zero-order chi connectivity index (χ0) is 23.5. The molecular formula is C24H30FN7O2. The van der Waals surface area contributed by atoms with E-state index in [4.69, 9.17) is 4.74 Å². The van der Waals surface area contributed by atoms with Gasteiger partial charge < -0.3 is 14.5 Å². The summed E-state index contributed by atoms with van der Waals surface area (Å²) in [4.78, 5) is 28.2. The minimum Gasteiger partial charge on any atom is -0.377 e. The molecule has 0 spiro atoms. The number of benzene rings is 1. The van der Waals surface area contributed by atoms with Crippen LogP contribution in [-0.2, 0) is 23.1 Å². The topological polar surface area (TPSA) is 79.6 Å². The van der Waals surface area contributed by atoms with Crippen LogP contribution in [0.2, 0.25) is 0 Å². The first-order valence-corrected chi connectivity index (χ1v) is 11.8. The third-order valence-corrected chi connectivity index (χ3v) is 6.58. The molecule has 180 valence electrons. The van der Waals surface area contributed by atoms with E-state index in [1.807, 2.05) is 18.0 Å². The molecule has 5 rings (SSSR count). The number of nitrogens with zero attached hydrogens (tertiary/aromatic N) is 7. The summed E-state index contributed by atoms with van der Waals surface area (Å²) in [5, 5.41) is 5.21. The largest absolute Gasteiger partial charge is 0.377 e. The van der Waals surface area contributed by atoms with Crippen molar-refractivity contribution in [3.05, 3.63) is 48.2 Å². The summed E-state index contributed by atoms with van der Waals surface area (Å²) in [5.74, 6) is 0.684. The molecule has 0 aliphatic carbocycles. The number of aryl methyl sites for hydroxylation is 1. The van der Waals surface area contributed by atoms with Gasteiger partial charge in [0.05, 0.1) is 24.2 Å². The molecule has 1 unspecified atom stereocenters. The molecule has 3 aromatic rings. The number of carbonyl (C=O) groups excluding carboxylic acids is 1. The second kappa shape index (κ2) is 10.0. The second-order valence-electron chi connectivity index (χ2n) is 9.01. The summed E-state index contributed by atoms with van der Waals surface area (Å²) >= 11 is 0. The van der Waals surface area contributed by atoms with Gasteiger partial charge in [-0.1, -0.05) is 12.1 Å². The Balaban J connectivity index is 1.22. The third kappa shape index (κ3) is 5.02. The van der Waals surface area contributed by atoms with Crippen molar-refractivity contribution in [1.29, 1.82) is 0 Å². The number of carbonyl (C=O) groups is 1. The van der Waals surface area contributed by atoms with Crippen molar-refractivity contribution in [1.82, 2.24) is 29.5 Å². The standard InChI is InChI=1S/C24H30FN7O2/c1-29-23-21(13-28-29)24(27-17-26-23)32-9-7-31(8-10-32)22(33)16-30(15-20-6-3-11-34-20)14-18-4-2-5-19(25)12-18/h2,4-5,12-13,17,20H,3,6-11,14-16H2,1H3. The Bertz CT molecular complexity index is 1140. The average molecular weight is 468 g/mol. The molecule has 2 fully saturated rings. The quantitative estimate of drug-likeness (QED) is 0.525. The van der Waals surface area contributed by atoms with Gasteiger partial charge in [-0.15, -0.1) is 0 Å². The Morgan fingerprint density at radius 2 is 2.09 bits per heavy atom. The van der Waals surface area contributed by atoms with E-state index in [1.165, 1.54) is 12.1 Å². The molecule has 4 heterocycles. The van der Waals surface area contributed by atoms with Crippen molar-refractivity contribution < 1.29 is 13.9 Å². The maximum atomic E-state index is 13.7. The lowest BCUT2D eigenvalue weighted by Gasteiger charge is -2.36. The van der Waals surface area contributed by atoms with E-state index in [0.717, 1.165) is 41.9 Å². The molecule has 1 atom stereocenters. The summed E-state index contributed by atoms with van der Waals surface area (Å²) in [5.41, 5.74) is 1.66. The Kier molecular flexibility index (Phi) is 6.68. The average Bonchev–Trinajstić information content (AvgIpc) is 3.49. The van der Waals surface area contributed by atoms with Gasteiger partial charge in [0.15, 0.2) is 5.65 Å². The molecule has 0 N–H and O–H groups in total. The lowest BCUT2D eigenvalue weighted by Crippen LogP contribution is -2.52. The smallest absolute Gasteiger partial charge is 0.236 e. The van der Waals surface area contributed by atoms with Gasteiger partial charge in [0.25, 0.3) is 0 Å². The molecule has 9 nitrogen and oxygen atoms in total. The number of anilines is 1. The summed E-state index contributed by atoms with van der Waals surface area (Å²) in [6.45, 7) is 4.88. The van der Waals surface area contributed by atoms with Gasteiger partial charge >= 0.3 is 0 Å². The van der Waals surface area contributed by atoms with Crippen molar-refractivity contribution in [2.45, 2.75) is 25.5 Å². The summed E-state index contributed by atoms with van der Waals surface area (Å²) in [6.07, 6.45) is 5.51. The fourth-order valence-corrected chi connectivity index (χ4v) is 4.82. The van der Waals surface area contributed by atoms with Gasteiger partial charge in [0.2, 0.25) is 5.91 Å². The predicted octanol–water partition coefficient (Wildman–Crippen LogP) is 1.83. The number of hydrogen-bond acceptors (Lipinski definition) is 7. The van der Waals surface area contributed by atoms with E-state index < -0.39 is 0 Å². The molecule has 10 heteroatoms. The highest BCUT2D eigenvalue weighted by atomic mass is 19.1. The number of rotatable bonds is 7. The molecule has 2 aliphatic heterocycles. The van der Waals surface area contributed by atoms with Gasteiger partial charge in [-0.2, -0.15) is 5.10 Å². The minimum absolute atomic E-state index is 0.0864. The molecule has 0 saturated carbocycles. The summed E-state index contributed by atoms with van der Waals surface area (Å²) in [7, 11) is 1.86. The van der Waals surface area contributed by atoms with Gasteiger partial charge in [-0.25, -0.2) is 14.4 Å². The molecule has 2 saturated heterocycles. The second-order valence-corrected chi connectivity index (χ2v) is 9.01. The lowest BCUT2D eigenvalue weighted by molar-refractivity contribution is -0.133. The molecule has 2 aromatic heterocycles. The number of halogens is 1. The van der Waals surface area contributed by atoms with Crippen LogP contribution < -0.4 is 4.90 Å². The van der Waals surface area contributed by atoms with Crippen molar-refractivity contribution in [2.24, 2.45) is 7.05 Å². The zero-order valence-electron chi connectivity index (χ0n) is 19.4. The first kappa shape index (κ1) is 22.7. The van der Waals surface area contributed by atoms with Crippen LogP contribution in [0.15, 0.2) is 36.8 Å². The Morgan fingerprint density at radius 3 is 2.85 bits per heavy atom. The van der Waals surface area contributed by atoms with Crippen LogP contribution >= 0.6 is 0 Å². The number of aromatic nitrogens is 4. The van der Waals surface area contributed by atoms with Crippen LogP contribution in [0.25, 0.3) is 11.0 Å². The first-order valence-electron chi connectivity index (χ1n) is 11.8. The van der Waals surface area contributed by atoms with Crippen LogP contribution in [0.3, 0.4) is 0 Å². The van der Waals surface area contributed by atoms with Gasteiger partial charge in [0, 0.05) is 52.9 Å². The SMILES string of the molecule is Cn1ncc2c(N3CCN(C(=O)CN(Cc4cccc(F)c4)CC4CCCO4)CC3)ncnc21. The zero-order valence-corrected chi connectivity index (χ0v) is 19.4. The van der Waals surface area contributed by atoms with Crippen LogP contribution in [0.4, 0.5) is 10.2 Å². The van der Waals surface area contributed by atoms with E-state index in [-0.39, 0.29) is 24.4 Å². The maximum Gasteiger partial charge on any atom is 0.236 e. The molecule has 1 aromatic carbocycles. The minimum atomic E-state index is -0.260. The Hall–Kier alpha value is -3.11. The third-order valence-electron chi connectivity index (χ3n) is 6.58. The van der Waals surface area contributed by atoms with Crippen LogP contribution in [-0.4, -0.2) is 87.4 Å². The Labute approximate surface area is 198 Å². The number of ether oxygens (including phenoxy) is 1. The summed E-state index contributed by atoms with van der Waals surface area (Å²) < 4.78 is 21.3. The van der Waals surface area contributed by atoms with Gasteiger partial charge in [-0.05, 0) is 30.5 Å². The van der Waals surface area contributed by atoms with Crippen molar-refractivity contribution in [2.75, 3.05) is 50.8 Å². The van der Waals surface area contributed by atoms with Crippen LogP contribution in [0.5, 0.6) is 0 Å². The molecule has 0 bridgehead atoms. The van der Waals surface area contributed by atoms with E-state index in [1.54, 1.807) is 23.3 Å². The highest BCUT2D eigenvalue weighted by Gasteiger charge is 2.27. The molecule has 34 heavy (non-hydrogen) atoms. The van der Waals surface area contributed by atoms with E-state index in [0.29, 0.717) is 39.3 Å². The van der Waals surface area contributed by atoms with Gasteiger partial charge in [0.1, 0.15) is 18.0 Å².